The highest BCUT2D eigenvalue weighted by atomic mass is 16.5. The Bertz CT molecular complexity index is 1440. The van der Waals surface area contributed by atoms with Crippen LogP contribution in [0.5, 0.6) is 0 Å². The van der Waals surface area contributed by atoms with Crippen LogP contribution < -0.4 is 16.4 Å². The number of carbonyl (C=O) groups excluding carboxylic acids is 1. The van der Waals surface area contributed by atoms with Crippen LogP contribution in [0.4, 0.5) is 10.6 Å². The van der Waals surface area contributed by atoms with Gasteiger partial charge < -0.3 is 30.4 Å². The molecule has 0 aliphatic carbocycles. The fraction of sp³-hybridized carbons (Fsp3) is 0.345. The number of imidazole rings is 1. The number of nitrogens with one attached hydrogen (secondary N) is 2. The molecule has 4 aromatic rings. The number of ether oxygens (including phenoxy) is 2. The predicted octanol–water partition coefficient (Wildman–Crippen LogP) is 4.11. The van der Waals surface area contributed by atoms with E-state index in [9.17, 15) is 4.79 Å². The van der Waals surface area contributed by atoms with E-state index < -0.39 is 6.09 Å². The molecule has 2 aromatic carbocycles. The molecule has 5 rings (SSSR count). The summed E-state index contributed by atoms with van der Waals surface area (Å²) in [6.45, 7) is 9.80. The van der Waals surface area contributed by atoms with Crippen LogP contribution in [0.2, 0.25) is 0 Å². The lowest BCUT2D eigenvalue weighted by atomic mass is 10.1. The van der Waals surface area contributed by atoms with Crippen LogP contribution in [-0.4, -0.2) is 53.5 Å². The van der Waals surface area contributed by atoms with Gasteiger partial charge in [0.15, 0.2) is 5.82 Å². The minimum atomic E-state index is -0.433. The highest BCUT2D eigenvalue weighted by Crippen LogP contribution is 2.34. The number of benzene rings is 2. The zero-order valence-electron chi connectivity index (χ0n) is 21.7. The van der Waals surface area contributed by atoms with Crippen LogP contribution >= 0.6 is 0 Å². The van der Waals surface area contributed by atoms with Gasteiger partial charge in [0.2, 0.25) is 0 Å². The van der Waals surface area contributed by atoms with Gasteiger partial charge in [0.1, 0.15) is 17.9 Å². The quantitative estimate of drug-likeness (QED) is 0.215. The summed E-state index contributed by atoms with van der Waals surface area (Å²) in [7, 11) is 0. The molecule has 1 amide bonds. The number of para-hydroxylation sites is 1. The van der Waals surface area contributed by atoms with Crippen molar-refractivity contribution in [2.45, 2.75) is 32.4 Å². The topological polar surface area (TPSA) is 116 Å². The number of rotatable bonds is 10. The van der Waals surface area contributed by atoms with Crippen molar-refractivity contribution in [2.24, 2.45) is 0 Å². The summed E-state index contributed by atoms with van der Waals surface area (Å²) in [6, 6.07) is 16.2. The molecule has 198 valence electrons. The normalized spacial score (nSPS) is 15.2. The fourth-order valence-corrected chi connectivity index (χ4v) is 4.77. The van der Waals surface area contributed by atoms with Crippen molar-refractivity contribution in [3.8, 4) is 0 Å². The number of hydrogen-bond acceptors (Lipinski definition) is 7. The van der Waals surface area contributed by atoms with Crippen LogP contribution in [0, 0.1) is 0 Å². The molecule has 9 nitrogen and oxygen atoms in total. The van der Waals surface area contributed by atoms with E-state index in [2.05, 4.69) is 45.0 Å². The molecule has 0 spiro atoms. The number of nitrogens with zero attached hydrogens (tertiary/aromatic N) is 3. The van der Waals surface area contributed by atoms with Gasteiger partial charge in [-0.1, -0.05) is 54.6 Å². The standard InChI is InChI=1S/C29H34N6O3/c1-19(2)15-31-12-14-38-29(36)32-16-20-7-9-21(10-8-20)17-35-26-23-5-3-4-6-24(23)33-27(30)25(26)34-28(35)22-11-13-37-18-22/h3-10,22,31H,1,11-18H2,2H3,(H2,30,33)(H,32,36). The summed E-state index contributed by atoms with van der Waals surface area (Å²) in [5, 5.41) is 6.99. The van der Waals surface area contributed by atoms with Gasteiger partial charge in [-0.3, -0.25) is 0 Å². The first-order valence-corrected chi connectivity index (χ1v) is 12.9. The lowest BCUT2D eigenvalue weighted by Crippen LogP contribution is -2.28. The molecule has 0 radical (unpaired) electrons. The van der Waals surface area contributed by atoms with Crippen molar-refractivity contribution < 1.29 is 14.3 Å². The lowest BCUT2D eigenvalue weighted by molar-refractivity contribution is 0.146. The lowest BCUT2D eigenvalue weighted by Gasteiger charge is -2.14. The van der Waals surface area contributed by atoms with Crippen LogP contribution in [0.3, 0.4) is 0 Å². The molecule has 1 aliphatic heterocycles. The molecular formula is C29H34N6O3. The average molecular weight is 515 g/mol. The molecule has 0 saturated carbocycles. The Morgan fingerprint density at radius 1 is 1.18 bits per heavy atom. The monoisotopic (exact) mass is 514 g/mol. The molecule has 1 saturated heterocycles. The van der Waals surface area contributed by atoms with Gasteiger partial charge >= 0.3 is 6.09 Å². The number of fused-ring (bicyclic) bond motifs is 3. The van der Waals surface area contributed by atoms with E-state index in [0.717, 1.165) is 57.5 Å². The molecule has 1 aliphatic rings. The Hall–Kier alpha value is -3.95. The van der Waals surface area contributed by atoms with Gasteiger partial charge in [0, 0.05) is 44.1 Å². The number of nitrogen functional groups attached to an aromatic ring is 1. The summed E-state index contributed by atoms with van der Waals surface area (Å²) < 4.78 is 13.2. The van der Waals surface area contributed by atoms with E-state index in [4.69, 9.17) is 20.2 Å². The third-order valence-electron chi connectivity index (χ3n) is 6.67. The number of amides is 1. The molecule has 1 atom stereocenters. The van der Waals surface area contributed by atoms with Gasteiger partial charge in [0.05, 0.1) is 17.6 Å². The van der Waals surface area contributed by atoms with Gasteiger partial charge in [-0.05, 0) is 30.5 Å². The number of nitrogens with two attached hydrogens (primary N) is 1. The maximum Gasteiger partial charge on any atom is 0.407 e. The Balaban J connectivity index is 1.30. The fourth-order valence-electron chi connectivity index (χ4n) is 4.77. The summed E-state index contributed by atoms with van der Waals surface area (Å²) in [5.74, 6) is 1.64. The van der Waals surface area contributed by atoms with E-state index >= 15 is 0 Å². The van der Waals surface area contributed by atoms with Gasteiger partial charge in [0.25, 0.3) is 0 Å². The number of aromatic nitrogens is 3. The highest BCUT2D eigenvalue weighted by molar-refractivity contribution is 6.06. The number of anilines is 1. The van der Waals surface area contributed by atoms with E-state index in [1.54, 1.807) is 0 Å². The van der Waals surface area contributed by atoms with Crippen LogP contribution in [0.25, 0.3) is 21.9 Å². The molecule has 3 heterocycles. The SMILES string of the molecule is C=C(C)CNCCOC(=O)NCc1ccc(Cn2c(C3CCOC3)nc3c(N)nc4ccccc4c32)cc1. The summed E-state index contributed by atoms with van der Waals surface area (Å²) in [5.41, 5.74) is 12.1. The summed E-state index contributed by atoms with van der Waals surface area (Å²) in [4.78, 5) is 21.6. The largest absolute Gasteiger partial charge is 0.448 e. The number of pyridine rings is 1. The van der Waals surface area contributed by atoms with Crippen LogP contribution in [0.15, 0.2) is 60.7 Å². The summed E-state index contributed by atoms with van der Waals surface area (Å²) in [6.07, 6.45) is 0.497. The molecule has 1 unspecified atom stereocenters. The maximum atomic E-state index is 12.0. The van der Waals surface area contributed by atoms with Crippen molar-refractivity contribution in [2.75, 3.05) is 38.6 Å². The van der Waals surface area contributed by atoms with E-state index in [1.807, 2.05) is 37.3 Å². The first-order chi connectivity index (χ1) is 18.5. The molecule has 38 heavy (non-hydrogen) atoms. The first-order valence-electron chi connectivity index (χ1n) is 12.9. The van der Waals surface area contributed by atoms with Gasteiger partial charge in [-0.25, -0.2) is 14.8 Å². The third-order valence-corrected chi connectivity index (χ3v) is 6.67. The molecule has 4 N–H and O–H groups in total. The number of carbonyl (C=O) groups is 1. The Kier molecular flexibility index (Phi) is 7.86. The minimum Gasteiger partial charge on any atom is -0.448 e. The van der Waals surface area contributed by atoms with Crippen LogP contribution in [-0.2, 0) is 22.6 Å². The molecular weight excluding hydrogens is 480 g/mol. The zero-order chi connectivity index (χ0) is 26.5. The van der Waals surface area contributed by atoms with E-state index in [0.29, 0.717) is 45.2 Å². The van der Waals surface area contributed by atoms with Crippen molar-refractivity contribution in [3.05, 3.63) is 77.6 Å². The second kappa shape index (κ2) is 11.6. The Labute approximate surface area is 222 Å². The van der Waals surface area contributed by atoms with Crippen molar-refractivity contribution in [1.29, 1.82) is 0 Å². The van der Waals surface area contributed by atoms with Crippen molar-refractivity contribution in [1.82, 2.24) is 25.2 Å². The highest BCUT2D eigenvalue weighted by Gasteiger charge is 2.26. The molecule has 9 heteroatoms. The molecule has 2 aromatic heterocycles. The Morgan fingerprint density at radius 3 is 2.74 bits per heavy atom. The van der Waals surface area contributed by atoms with E-state index in [1.165, 1.54) is 0 Å². The second-order valence-corrected chi connectivity index (χ2v) is 9.77. The maximum absolute atomic E-state index is 12.0. The number of alkyl carbamates (subject to hydrolysis) is 1. The van der Waals surface area contributed by atoms with Gasteiger partial charge in [-0.15, -0.1) is 0 Å². The Morgan fingerprint density at radius 2 is 1.97 bits per heavy atom. The van der Waals surface area contributed by atoms with Crippen LogP contribution in [0.1, 0.15) is 36.2 Å². The smallest absolute Gasteiger partial charge is 0.407 e. The summed E-state index contributed by atoms with van der Waals surface area (Å²) >= 11 is 0. The van der Waals surface area contributed by atoms with Gasteiger partial charge in [-0.2, -0.15) is 0 Å². The zero-order valence-corrected chi connectivity index (χ0v) is 21.7. The number of hydrogen-bond donors (Lipinski definition) is 3. The molecule has 1 fully saturated rings. The third kappa shape index (κ3) is 5.79. The minimum absolute atomic E-state index is 0.214. The van der Waals surface area contributed by atoms with E-state index in [-0.39, 0.29) is 5.92 Å². The predicted molar refractivity (Wildman–Crippen MR) is 149 cm³/mol. The first kappa shape index (κ1) is 25.7. The molecule has 0 bridgehead atoms. The second-order valence-electron chi connectivity index (χ2n) is 9.77. The van der Waals surface area contributed by atoms with Crippen molar-refractivity contribution in [3.63, 3.8) is 0 Å². The average Bonchev–Trinajstić information content (AvgIpc) is 3.57. The van der Waals surface area contributed by atoms with Crippen molar-refractivity contribution >= 4 is 33.8 Å².